The van der Waals surface area contributed by atoms with Crippen molar-refractivity contribution in [2.24, 2.45) is 4.99 Å². The van der Waals surface area contributed by atoms with Gasteiger partial charge < -0.3 is 9.47 Å². The van der Waals surface area contributed by atoms with Crippen LogP contribution in [0.15, 0.2) is 94.2 Å². The zero-order valence-electron chi connectivity index (χ0n) is 20.8. The van der Waals surface area contributed by atoms with Crippen LogP contribution in [0.1, 0.15) is 29.7 Å². The lowest BCUT2D eigenvalue weighted by atomic mass is 9.93. The number of benzene rings is 3. The quantitative estimate of drug-likeness (QED) is 0.313. The van der Waals surface area contributed by atoms with Crippen LogP contribution >= 0.6 is 22.9 Å². The molecule has 5 rings (SSSR count). The van der Waals surface area contributed by atoms with Crippen molar-refractivity contribution in [2.75, 3.05) is 13.2 Å². The molecule has 1 aliphatic heterocycles. The maximum Gasteiger partial charge on any atom is 0.338 e. The van der Waals surface area contributed by atoms with Crippen LogP contribution in [0.25, 0.3) is 11.8 Å². The third kappa shape index (κ3) is 5.41. The first-order chi connectivity index (χ1) is 19.0. The number of hydrogen-bond acceptors (Lipinski definition) is 7. The summed E-state index contributed by atoms with van der Waals surface area (Å²) in [6, 6.07) is 24.7. The van der Waals surface area contributed by atoms with Gasteiger partial charge in [0.05, 0.1) is 28.5 Å². The molecule has 0 bridgehead atoms. The van der Waals surface area contributed by atoms with E-state index < -0.39 is 12.0 Å². The van der Waals surface area contributed by atoms with Gasteiger partial charge in [-0.2, -0.15) is 5.26 Å². The molecule has 9 heteroatoms. The monoisotopic (exact) mass is 555 g/mol. The lowest BCUT2D eigenvalue weighted by molar-refractivity contribution is -0.138. The molecule has 3 aromatic carbocycles. The maximum atomic E-state index is 13.9. The Bertz CT molecular complexity index is 1770. The standard InChI is InChI=1S/C30H22ClN3O4S/c1-2-37-29(36)25-26(20-6-4-3-5-7-20)33-30-34(27(25)21-10-12-22(31)13-11-21)28(35)24(39-30)18-19-8-14-23(15-9-19)38-17-16-32/h3-15,18,27H,2,17H2,1H3/b24-18-/t27-/m0/s1. The highest BCUT2D eigenvalue weighted by molar-refractivity contribution is 7.07. The molecule has 0 fully saturated rings. The molecule has 0 spiro atoms. The number of thiazole rings is 1. The number of carbonyl (C=O) groups is 1. The van der Waals surface area contributed by atoms with Gasteiger partial charge in [0.1, 0.15) is 11.8 Å². The van der Waals surface area contributed by atoms with E-state index >= 15 is 0 Å². The van der Waals surface area contributed by atoms with Crippen LogP contribution in [0, 0.1) is 11.3 Å². The molecule has 0 radical (unpaired) electrons. The molecule has 7 nitrogen and oxygen atoms in total. The van der Waals surface area contributed by atoms with Crippen LogP contribution in [-0.4, -0.2) is 23.8 Å². The zero-order valence-corrected chi connectivity index (χ0v) is 22.4. The van der Waals surface area contributed by atoms with Crippen molar-refractivity contribution in [1.82, 2.24) is 4.57 Å². The summed E-state index contributed by atoms with van der Waals surface area (Å²) in [7, 11) is 0. The van der Waals surface area contributed by atoms with Crippen molar-refractivity contribution in [1.29, 1.82) is 5.26 Å². The normalized spacial score (nSPS) is 14.8. The van der Waals surface area contributed by atoms with Gasteiger partial charge in [-0.15, -0.1) is 0 Å². The first-order valence-corrected chi connectivity index (χ1v) is 13.3. The van der Waals surface area contributed by atoms with E-state index in [4.69, 9.17) is 31.3 Å². The van der Waals surface area contributed by atoms with Gasteiger partial charge in [0.25, 0.3) is 5.56 Å². The molecule has 0 unspecified atom stereocenters. The number of esters is 1. The highest BCUT2D eigenvalue weighted by Gasteiger charge is 2.35. The molecule has 1 aromatic heterocycles. The number of halogens is 1. The van der Waals surface area contributed by atoms with Gasteiger partial charge in [0.2, 0.25) is 0 Å². The Morgan fingerprint density at radius 2 is 1.82 bits per heavy atom. The van der Waals surface area contributed by atoms with Gasteiger partial charge >= 0.3 is 5.97 Å². The molecular formula is C30H22ClN3O4S. The number of nitriles is 1. The number of rotatable bonds is 7. The lowest BCUT2D eigenvalue weighted by Crippen LogP contribution is -2.40. The smallest absolute Gasteiger partial charge is 0.338 e. The number of ether oxygens (including phenoxy) is 2. The summed E-state index contributed by atoms with van der Waals surface area (Å²) in [5.41, 5.74) is 2.68. The Kier molecular flexibility index (Phi) is 7.73. The average molecular weight is 556 g/mol. The molecule has 0 amide bonds. The maximum absolute atomic E-state index is 13.9. The van der Waals surface area contributed by atoms with Crippen LogP contribution in [0.4, 0.5) is 0 Å². The van der Waals surface area contributed by atoms with Crippen molar-refractivity contribution >= 4 is 40.7 Å². The topological polar surface area (TPSA) is 93.7 Å². The average Bonchev–Trinajstić information content (AvgIpc) is 3.27. The van der Waals surface area contributed by atoms with Crippen molar-refractivity contribution in [2.45, 2.75) is 13.0 Å². The number of nitrogens with zero attached hydrogens (tertiary/aromatic N) is 3. The first-order valence-electron chi connectivity index (χ1n) is 12.1. The highest BCUT2D eigenvalue weighted by Crippen LogP contribution is 2.35. The third-order valence-corrected chi connectivity index (χ3v) is 7.28. The number of aromatic nitrogens is 1. The van der Waals surface area contributed by atoms with E-state index in [2.05, 4.69) is 0 Å². The van der Waals surface area contributed by atoms with E-state index in [0.29, 0.717) is 31.4 Å². The van der Waals surface area contributed by atoms with Crippen molar-refractivity contribution in [3.05, 3.63) is 126 Å². The number of hydrogen-bond donors (Lipinski definition) is 0. The zero-order chi connectivity index (χ0) is 27.4. The molecular weight excluding hydrogens is 534 g/mol. The summed E-state index contributed by atoms with van der Waals surface area (Å²) in [4.78, 5) is 32.6. The largest absolute Gasteiger partial charge is 0.479 e. The molecule has 0 saturated carbocycles. The lowest BCUT2D eigenvalue weighted by Gasteiger charge is -2.25. The summed E-state index contributed by atoms with van der Waals surface area (Å²) in [6.45, 7) is 1.87. The second-order valence-corrected chi connectivity index (χ2v) is 9.94. The minimum absolute atomic E-state index is 0.0464. The van der Waals surface area contributed by atoms with Gasteiger partial charge in [0.15, 0.2) is 11.4 Å². The third-order valence-electron chi connectivity index (χ3n) is 6.04. The molecule has 1 aliphatic rings. The van der Waals surface area contributed by atoms with Gasteiger partial charge in [-0.3, -0.25) is 9.36 Å². The molecule has 0 aliphatic carbocycles. The van der Waals surface area contributed by atoms with Crippen molar-refractivity contribution in [3.63, 3.8) is 0 Å². The fraction of sp³-hybridized carbons (Fsp3) is 0.133. The van der Waals surface area contributed by atoms with E-state index in [1.165, 1.54) is 11.3 Å². The molecule has 0 saturated heterocycles. The highest BCUT2D eigenvalue weighted by atomic mass is 35.5. The minimum Gasteiger partial charge on any atom is -0.479 e. The molecule has 4 aromatic rings. The van der Waals surface area contributed by atoms with Crippen LogP contribution in [0.3, 0.4) is 0 Å². The predicted molar refractivity (Wildman–Crippen MR) is 150 cm³/mol. The van der Waals surface area contributed by atoms with E-state index in [0.717, 1.165) is 11.1 Å². The van der Waals surface area contributed by atoms with Gasteiger partial charge in [-0.25, -0.2) is 9.79 Å². The van der Waals surface area contributed by atoms with Crippen LogP contribution in [0.5, 0.6) is 5.75 Å². The Balaban J connectivity index is 1.73. The van der Waals surface area contributed by atoms with Gasteiger partial charge in [-0.05, 0) is 48.4 Å². The summed E-state index contributed by atoms with van der Waals surface area (Å²) < 4.78 is 12.8. The second-order valence-electron chi connectivity index (χ2n) is 8.50. The second kappa shape index (κ2) is 11.5. The minimum atomic E-state index is -0.767. The van der Waals surface area contributed by atoms with Crippen molar-refractivity contribution < 1.29 is 14.3 Å². The molecule has 2 heterocycles. The summed E-state index contributed by atoms with van der Waals surface area (Å²) in [5.74, 6) is 0.0202. The predicted octanol–water partition coefficient (Wildman–Crippen LogP) is 4.49. The SMILES string of the molecule is CCOC(=O)C1=C(c2ccccc2)N=c2s/c(=C\c3ccc(OCC#N)cc3)c(=O)n2[C@H]1c1ccc(Cl)cc1. The summed E-state index contributed by atoms with van der Waals surface area (Å²) in [5, 5.41) is 9.25. The Morgan fingerprint density at radius 3 is 2.49 bits per heavy atom. The first kappa shape index (κ1) is 26.2. The van der Waals surface area contributed by atoms with E-state index in [1.807, 2.05) is 36.4 Å². The fourth-order valence-corrected chi connectivity index (χ4v) is 5.46. The van der Waals surface area contributed by atoms with E-state index in [-0.39, 0.29) is 24.3 Å². The Morgan fingerprint density at radius 1 is 1.10 bits per heavy atom. The molecule has 194 valence electrons. The van der Waals surface area contributed by atoms with E-state index in [9.17, 15) is 9.59 Å². The molecule has 39 heavy (non-hydrogen) atoms. The van der Waals surface area contributed by atoms with Crippen LogP contribution in [0.2, 0.25) is 5.02 Å². The molecule has 1 atom stereocenters. The Labute approximate surface area is 233 Å². The van der Waals surface area contributed by atoms with E-state index in [1.54, 1.807) is 66.1 Å². The van der Waals surface area contributed by atoms with Crippen LogP contribution in [-0.2, 0) is 9.53 Å². The summed E-state index contributed by atoms with van der Waals surface area (Å²) >= 11 is 7.41. The number of fused-ring (bicyclic) bond motifs is 1. The van der Waals surface area contributed by atoms with Gasteiger partial charge in [-0.1, -0.05) is 77.5 Å². The van der Waals surface area contributed by atoms with Gasteiger partial charge in [0, 0.05) is 10.6 Å². The van der Waals surface area contributed by atoms with Crippen LogP contribution < -0.4 is 19.6 Å². The number of carbonyl (C=O) groups excluding carboxylic acids is 1. The fourth-order valence-electron chi connectivity index (χ4n) is 4.33. The van der Waals surface area contributed by atoms with Crippen molar-refractivity contribution in [3.8, 4) is 11.8 Å². The Hall–Kier alpha value is -4.45. The summed E-state index contributed by atoms with van der Waals surface area (Å²) in [6.07, 6.45) is 1.77. The molecule has 0 N–H and O–H groups in total.